The van der Waals surface area contributed by atoms with E-state index in [1.807, 2.05) is 24.3 Å². The van der Waals surface area contributed by atoms with E-state index in [1.54, 1.807) is 24.4 Å². The molecule has 0 aliphatic carbocycles. The molecule has 0 spiro atoms. The predicted octanol–water partition coefficient (Wildman–Crippen LogP) is 1.50. The lowest BCUT2D eigenvalue weighted by Crippen LogP contribution is -2.23. The topological polar surface area (TPSA) is 62.2 Å². The molecule has 2 aromatic rings. The fraction of sp³-hybridized carbons (Fsp3) is 0.143. The molecule has 0 bridgehead atoms. The van der Waals surface area contributed by atoms with Crippen LogP contribution in [0.15, 0.2) is 48.7 Å². The van der Waals surface area contributed by atoms with Crippen molar-refractivity contribution in [1.29, 1.82) is 0 Å². The standard InChI is InChI=1S/C14H14N2O2/c17-10-12-6-4-11(5-7-12)9-16-14(18)13-3-1-2-8-15-13/h1-8,17H,9-10H2,(H,16,18). The Morgan fingerprint density at radius 3 is 2.44 bits per heavy atom. The molecule has 2 N–H and O–H groups in total. The third-order valence-corrected chi connectivity index (χ3v) is 2.56. The molecule has 0 radical (unpaired) electrons. The van der Waals surface area contributed by atoms with Gasteiger partial charge in [-0.25, -0.2) is 0 Å². The molecule has 0 saturated heterocycles. The van der Waals surface area contributed by atoms with Crippen LogP contribution in [0.1, 0.15) is 21.6 Å². The number of rotatable bonds is 4. The molecule has 0 unspecified atom stereocenters. The van der Waals surface area contributed by atoms with E-state index >= 15 is 0 Å². The number of aromatic nitrogens is 1. The minimum atomic E-state index is -0.193. The summed E-state index contributed by atoms with van der Waals surface area (Å²) >= 11 is 0. The number of aliphatic hydroxyl groups excluding tert-OH is 1. The van der Waals surface area contributed by atoms with E-state index < -0.39 is 0 Å². The normalized spacial score (nSPS) is 10.1. The van der Waals surface area contributed by atoms with Crippen molar-refractivity contribution >= 4 is 5.91 Å². The molecule has 1 amide bonds. The molecule has 2 rings (SSSR count). The first-order chi connectivity index (χ1) is 8.79. The van der Waals surface area contributed by atoms with Crippen LogP contribution in [0.5, 0.6) is 0 Å². The molecule has 1 aromatic heterocycles. The molecule has 0 atom stereocenters. The van der Waals surface area contributed by atoms with Crippen LogP contribution < -0.4 is 5.32 Å². The zero-order valence-electron chi connectivity index (χ0n) is 9.84. The molecular weight excluding hydrogens is 228 g/mol. The van der Waals surface area contributed by atoms with Crippen molar-refractivity contribution in [2.24, 2.45) is 0 Å². The van der Waals surface area contributed by atoms with E-state index in [0.29, 0.717) is 12.2 Å². The average Bonchev–Trinajstić information content (AvgIpc) is 2.46. The summed E-state index contributed by atoms with van der Waals surface area (Å²) in [5.74, 6) is -0.193. The molecule has 4 heteroatoms. The zero-order chi connectivity index (χ0) is 12.8. The number of benzene rings is 1. The van der Waals surface area contributed by atoms with Crippen molar-refractivity contribution in [2.75, 3.05) is 0 Å². The monoisotopic (exact) mass is 242 g/mol. The largest absolute Gasteiger partial charge is 0.392 e. The number of hydrogen-bond donors (Lipinski definition) is 2. The van der Waals surface area contributed by atoms with Gasteiger partial charge < -0.3 is 10.4 Å². The fourth-order valence-electron chi connectivity index (χ4n) is 1.53. The van der Waals surface area contributed by atoms with Gasteiger partial charge in [0.1, 0.15) is 5.69 Å². The maximum atomic E-state index is 11.7. The molecule has 0 aliphatic rings. The summed E-state index contributed by atoms with van der Waals surface area (Å²) in [4.78, 5) is 15.7. The van der Waals surface area contributed by atoms with Crippen molar-refractivity contribution < 1.29 is 9.90 Å². The summed E-state index contributed by atoms with van der Waals surface area (Å²) in [6.45, 7) is 0.474. The van der Waals surface area contributed by atoms with Crippen molar-refractivity contribution in [3.05, 3.63) is 65.5 Å². The molecule has 92 valence electrons. The number of amides is 1. The van der Waals surface area contributed by atoms with Gasteiger partial charge in [0, 0.05) is 12.7 Å². The summed E-state index contributed by atoms with van der Waals surface area (Å²) in [5.41, 5.74) is 2.25. The number of aliphatic hydroxyl groups is 1. The van der Waals surface area contributed by atoms with Gasteiger partial charge in [0.25, 0.3) is 5.91 Å². The lowest BCUT2D eigenvalue weighted by molar-refractivity contribution is 0.0946. The van der Waals surface area contributed by atoms with E-state index in [4.69, 9.17) is 5.11 Å². The van der Waals surface area contributed by atoms with Gasteiger partial charge in [-0.2, -0.15) is 0 Å². The highest BCUT2D eigenvalue weighted by atomic mass is 16.3. The minimum absolute atomic E-state index is 0.0283. The maximum absolute atomic E-state index is 11.7. The van der Waals surface area contributed by atoms with Crippen molar-refractivity contribution in [3.63, 3.8) is 0 Å². The van der Waals surface area contributed by atoms with Crippen LogP contribution in [-0.2, 0) is 13.2 Å². The highest BCUT2D eigenvalue weighted by Crippen LogP contribution is 2.04. The molecule has 0 aliphatic heterocycles. The summed E-state index contributed by atoms with van der Waals surface area (Å²) in [6, 6.07) is 12.6. The van der Waals surface area contributed by atoms with Crippen LogP contribution >= 0.6 is 0 Å². The quantitative estimate of drug-likeness (QED) is 0.854. The lowest BCUT2D eigenvalue weighted by atomic mass is 10.1. The molecule has 1 heterocycles. The number of carbonyl (C=O) groups excluding carboxylic acids is 1. The number of nitrogens with zero attached hydrogens (tertiary/aromatic N) is 1. The number of nitrogens with one attached hydrogen (secondary N) is 1. The molecular formula is C14H14N2O2. The van der Waals surface area contributed by atoms with E-state index in [0.717, 1.165) is 11.1 Å². The van der Waals surface area contributed by atoms with Gasteiger partial charge in [-0.1, -0.05) is 30.3 Å². The number of hydrogen-bond acceptors (Lipinski definition) is 3. The third kappa shape index (κ3) is 3.15. The van der Waals surface area contributed by atoms with Gasteiger partial charge >= 0.3 is 0 Å². The van der Waals surface area contributed by atoms with E-state index in [-0.39, 0.29) is 12.5 Å². The van der Waals surface area contributed by atoms with Gasteiger partial charge in [0.15, 0.2) is 0 Å². The van der Waals surface area contributed by atoms with Gasteiger partial charge in [-0.05, 0) is 23.3 Å². The summed E-state index contributed by atoms with van der Waals surface area (Å²) < 4.78 is 0. The summed E-state index contributed by atoms with van der Waals surface area (Å²) in [5, 5.41) is 11.7. The number of carbonyl (C=O) groups is 1. The maximum Gasteiger partial charge on any atom is 0.270 e. The summed E-state index contributed by atoms with van der Waals surface area (Å²) in [6.07, 6.45) is 1.59. The van der Waals surface area contributed by atoms with Crippen LogP contribution in [0, 0.1) is 0 Å². The molecule has 0 saturated carbocycles. The van der Waals surface area contributed by atoms with Crippen LogP contribution in [0.25, 0.3) is 0 Å². The first kappa shape index (κ1) is 12.3. The molecule has 18 heavy (non-hydrogen) atoms. The van der Waals surface area contributed by atoms with Crippen LogP contribution in [0.3, 0.4) is 0 Å². The second kappa shape index (κ2) is 5.93. The predicted molar refractivity (Wildman–Crippen MR) is 67.8 cm³/mol. The van der Waals surface area contributed by atoms with E-state index in [1.165, 1.54) is 0 Å². The lowest BCUT2D eigenvalue weighted by Gasteiger charge is -2.05. The van der Waals surface area contributed by atoms with Crippen LogP contribution in [-0.4, -0.2) is 16.0 Å². The summed E-state index contributed by atoms with van der Waals surface area (Å²) in [7, 11) is 0. The van der Waals surface area contributed by atoms with Crippen molar-refractivity contribution in [1.82, 2.24) is 10.3 Å². The molecule has 1 aromatic carbocycles. The fourth-order valence-corrected chi connectivity index (χ4v) is 1.53. The van der Waals surface area contributed by atoms with Crippen LogP contribution in [0.4, 0.5) is 0 Å². The van der Waals surface area contributed by atoms with Crippen molar-refractivity contribution in [2.45, 2.75) is 13.2 Å². The Morgan fingerprint density at radius 1 is 1.11 bits per heavy atom. The molecule has 0 fully saturated rings. The smallest absolute Gasteiger partial charge is 0.270 e. The first-order valence-electron chi connectivity index (χ1n) is 5.67. The minimum Gasteiger partial charge on any atom is -0.392 e. The van der Waals surface area contributed by atoms with Gasteiger partial charge in [0.05, 0.1) is 6.61 Å². The Bertz CT molecular complexity index is 509. The second-order valence-corrected chi connectivity index (χ2v) is 3.87. The third-order valence-electron chi connectivity index (χ3n) is 2.56. The Balaban J connectivity index is 1.93. The Labute approximate surface area is 105 Å². The SMILES string of the molecule is O=C(NCc1ccc(CO)cc1)c1ccccn1. The zero-order valence-corrected chi connectivity index (χ0v) is 9.84. The Hall–Kier alpha value is -2.20. The van der Waals surface area contributed by atoms with Crippen LogP contribution in [0.2, 0.25) is 0 Å². The van der Waals surface area contributed by atoms with E-state index in [2.05, 4.69) is 10.3 Å². The van der Waals surface area contributed by atoms with Gasteiger partial charge in [-0.3, -0.25) is 9.78 Å². The van der Waals surface area contributed by atoms with Gasteiger partial charge in [0.2, 0.25) is 0 Å². The van der Waals surface area contributed by atoms with Gasteiger partial charge in [-0.15, -0.1) is 0 Å². The highest BCUT2D eigenvalue weighted by molar-refractivity contribution is 5.92. The average molecular weight is 242 g/mol. The number of pyridine rings is 1. The van der Waals surface area contributed by atoms with E-state index in [9.17, 15) is 4.79 Å². The Kier molecular flexibility index (Phi) is 4.04. The second-order valence-electron chi connectivity index (χ2n) is 3.87. The Morgan fingerprint density at radius 2 is 1.83 bits per heavy atom. The molecule has 4 nitrogen and oxygen atoms in total. The highest BCUT2D eigenvalue weighted by Gasteiger charge is 2.05. The first-order valence-corrected chi connectivity index (χ1v) is 5.67. The van der Waals surface area contributed by atoms with Crippen molar-refractivity contribution in [3.8, 4) is 0 Å².